The molecule has 1 aliphatic carbocycles. The van der Waals surface area contributed by atoms with Gasteiger partial charge in [0.15, 0.2) is 0 Å². The highest BCUT2D eigenvalue weighted by atomic mass is 32.2. The Morgan fingerprint density at radius 2 is 1.72 bits per heavy atom. The molecule has 6 heteroatoms. The van der Waals surface area contributed by atoms with Crippen molar-refractivity contribution in [2.75, 3.05) is 32.7 Å². The van der Waals surface area contributed by atoms with Gasteiger partial charge in [-0.2, -0.15) is 17.0 Å². The molecule has 0 amide bonds. The molecule has 0 aromatic heterocycles. The molecule has 0 radical (unpaired) electrons. The zero-order valence-corrected chi connectivity index (χ0v) is 11.4. The van der Waals surface area contributed by atoms with Crippen LogP contribution in [0.5, 0.6) is 0 Å². The van der Waals surface area contributed by atoms with Crippen LogP contribution in [0.4, 0.5) is 0 Å². The van der Waals surface area contributed by atoms with Gasteiger partial charge in [0.25, 0.3) is 10.2 Å². The van der Waals surface area contributed by atoms with Gasteiger partial charge >= 0.3 is 0 Å². The molecule has 4 atom stereocenters. The van der Waals surface area contributed by atoms with Crippen LogP contribution in [0.1, 0.15) is 19.3 Å². The lowest BCUT2D eigenvalue weighted by Gasteiger charge is -2.30. The van der Waals surface area contributed by atoms with Crippen molar-refractivity contribution >= 4 is 10.2 Å². The zero-order chi connectivity index (χ0) is 12.3. The zero-order valence-electron chi connectivity index (χ0n) is 10.6. The maximum atomic E-state index is 12.7. The summed E-state index contributed by atoms with van der Waals surface area (Å²) in [7, 11) is -3.17. The fraction of sp³-hybridized carbons (Fsp3) is 1.00. The van der Waals surface area contributed by atoms with E-state index in [9.17, 15) is 8.42 Å². The van der Waals surface area contributed by atoms with E-state index in [2.05, 4.69) is 5.32 Å². The maximum Gasteiger partial charge on any atom is 0.282 e. The third kappa shape index (κ3) is 1.59. The first-order valence-electron chi connectivity index (χ1n) is 7.12. The summed E-state index contributed by atoms with van der Waals surface area (Å²) in [6, 6.07) is 0.304. The molecule has 102 valence electrons. The van der Waals surface area contributed by atoms with Gasteiger partial charge in [0.2, 0.25) is 0 Å². The predicted molar refractivity (Wildman–Crippen MR) is 68.2 cm³/mol. The van der Waals surface area contributed by atoms with Gasteiger partial charge in [-0.1, -0.05) is 0 Å². The summed E-state index contributed by atoms with van der Waals surface area (Å²) in [5, 5.41) is 3.36. The van der Waals surface area contributed by atoms with Crippen LogP contribution in [-0.4, -0.2) is 55.8 Å². The fourth-order valence-corrected chi connectivity index (χ4v) is 6.33. The molecule has 4 fully saturated rings. The minimum Gasteiger partial charge on any atom is -0.316 e. The van der Waals surface area contributed by atoms with E-state index in [1.54, 1.807) is 8.61 Å². The molecule has 3 aliphatic heterocycles. The van der Waals surface area contributed by atoms with Gasteiger partial charge in [0.05, 0.1) is 0 Å². The summed E-state index contributed by atoms with van der Waals surface area (Å²) in [4.78, 5) is 0. The highest BCUT2D eigenvalue weighted by molar-refractivity contribution is 7.86. The van der Waals surface area contributed by atoms with Crippen LogP contribution in [0, 0.1) is 17.8 Å². The Kier molecular flexibility index (Phi) is 2.53. The topological polar surface area (TPSA) is 52.7 Å². The molecule has 0 aromatic rings. The van der Waals surface area contributed by atoms with E-state index >= 15 is 0 Å². The number of hydrogen-bond donors (Lipinski definition) is 1. The smallest absolute Gasteiger partial charge is 0.282 e. The van der Waals surface area contributed by atoms with E-state index in [0.29, 0.717) is 23.8 Å². The number of rotatable bonds is 2. The van der Waals surface area contributed by atoms with Crippen LogP contribution in [0.15, 0.2) is 0 Å². The highest BCUT2D eigenvalue weighted by Crippen LogP contribution is 2.41. The molecule has 2 bridgehead atoms. The SMILES string of the molecule is O=S(=O)(N1C[C@H]2CNC[C@H]2C1)N1CC2CCC1C2. The molecule has 4 rings (SSSR count). The first-order chi connectivity index (χ1) is 8.64. The van der Waals surface area contributed by atoms with Crippen molar-refractivity contribution in [3.8, 4) is 0 Å². The minimum absolute atomic E-state index is 0.304. The molecule has 3 heterocycles. The summed E-state index contributed by atoms with van der Waals surface area (Å²) in [5.41, 5.74) is 0. The van der Waals surface area contributed by atoms with Gasteiger partial charge in [-0.15, -0.1) is 0 Å². The van der Waals surface area contributed by atoms with E-state index in [-0.39, 0.29) is 0 Å². The van der Waals surface area contributed by atoms with Crippen molar-refractivity contribution in [1.82, 2.24) is 13.9 Å². The van der Waals surface area contributed by atoms with Crippen LogP contribution >= 0.6 is 0 Å². The van der Waals surface area contributed by atoms with E-state index in [0.717, 1.165) is 45.6 Å². The van der Waals surface area contributed by atoms with Crippen LogP contribution in [0.2, 0.25) is 0 Å². The molecule has 2 unspecified atom stereocenters. The molecule has 5 nitrogen and oxygen atoms in total. The van der Waals surface area contributed by atoms with Crippen molar-refractivity contribution in [1.29, 1.82) is 0 Å². The third-order valence-electron chi connectivity index (χ3n) is 5.34. The second kappa shape index (κ2) is 3.91. The third-order valence-corrected chi connectivity index (χ3v) is 7.33. The normalized spacial score (nSPS) is 44.9. The standard InChI is InChI=1S/C12H21N3O2S/c16-18(17,15-6-9-1-2-12(15)3-9)14-7-10-4-13-5-11(10)8-14/h9-13H,1-8H2/t9?,10-,11+,12?. The predicted octanol–water partition coefficient (Wildman–Crippen LogP) is -0.133. The Morgan fingerprint density at radius 3 is 2.28 bits per heavy atom. The number of fused-ring (bicyclic) bond motifs is 3. The summed E-state index contributed by atoms with van der Waals surface area (Å²) in [6.45, 7) is 4.21. The van der Waals surface area contributed by atoms with Crippen molar-refractivity contribution < 1.29 is 8.42 Å². The average molecular weight is 271 g/mol. The number of nitrogens with one attached hydrogen (secondary N) is 1. The monoisotopic (exact) mass is 271 g/mol. The Bertz CT molecular complexity index is 440. The first-order valence-corrected chi connectivity index (χ1v) is 8.52. The second-order valence-electron chi connectivity index (χ2n) is 6.41. The minimum atomic E-state index is -3.17. The molecule has 4 aliphatic rings. The van der Waals surface area contributed by atoms with Crippen molar-refractivity contribution in [2.24, 2.45) is 17.8 Å². The molecule has 0 aromatic carbocycles. The summed E-state index contributed by atoms with van der Waals surface area (Å²) >= 11 is 0. The lowest BCUT2D eigenvalue weighted by Crippen LogP contribution is -2.47. The van der Waals surface area contributed by atoms with Crippen molar-refractivity contribution in [2.45, 2.75) is 25.3 Å². The van der Waals surface area contributed by atoms with E-state index in [1.807, 2.05) is 0 Å². The van der Waals surface area contributed by atoms with Crippen LogP contribution in [-0.2, 0) is 10.2 Å². The summed E-state index contributed by atoms with van der Waals surface area (Å²) in [5.74, 6) is 1.72. The molecule has 3 saturated heterocycles. The average Bonchev–Trinajstić information content (AvgIpc) is 3.07. The summed E-state index contributed by atoms with van der Waals surface area (Å²) < 4.78 is 28.9. The van der Waals surface area contributed by atoms with Crippen molar-refractivity contribution in [3.63, 3.8) is 0 Å². The molecule has 1 saturated carbocycles. The lowest BCUT2D eigenvalue weighted by atomic mass is 10.0. The van der Waals surface area contributed by atoms with E-state index in [1.165, 1.54) is 6.42 Å². The van der Waals surface area contributed by atoms with Crippen LogP contribution in [0.25, 0.3) is 0 Å². The second-order valence-corrected chi connectivity index (χ2v) is 8.29. The fourth-order valence-electron chi connectivity index (χ4n) is 4.31. The first kappa shape index (κ1) is 11.6. The van der Waals surface area contributed by atoms with Gasteiger partial charge in [-0.05, 0) is 50.1 Å². The quantitative estimate of drug-likeness (QED) is 0.761. The molecule has 0 spiro atoms. The Balaban J connectivity index is 1.53. The molecular weight excluding hydrogens is 250 g/mol. The molecule has 1 N–H and O–H groups in total. The Labute approximate surface area is 109 Å². The largest absolute Gasteiger partial charge is 0.316 e. The van der Waals surface area contributed by atoms with Crippen molar-refractivity contribution in [3.05, 3.63) is 0 Å². The van der Waals surface area contributed by atoms with Crippen LogP contribution < -0.4 is 5.32 Å². The van der Waals surface area contributed by atoms with Gasteiger partial charge in [-0.3, -0.25) is 0 Å². The number of hydrogen-bond acceptors (Lipinski definition) is 3. The van der Waals surface area contributed by atoms with Gasteiger partial charge in [-0.25, -0.2) is 0 Å². The van der Waals surface area contributed by atoms with Crippen LogP contribution in [0.3, 0.4) is 0 Å². The Morgan fingerprint density at radius 1 is 1.00 bits per heavy atom. The summed E-state index contributed by atoms with van der Waals surface area (Å²) in [6.07, 6.45) is 3.40. The number of piperidine rings is 1. The van der Waals surface area contributed by atoms with E-state index < -0.39 is 10.2 Å². The van der Waals surface area contributed by atoms with E-state index in [4.69, 9.17) is 0 Å². The maximum absolute atomic E-state index is 12.7. The lowest BCUT2D eigenvalue weighted by molar-refractivity contribution is 0.301. The highest BCUT2D eigenvalue weighted by Gasteiger charge is 2.49. The number of nitrogens with zero attached hydrogens (tertiary/aromatic N) is 2. The molecular formula is C12H21N3O2S. The molecule has 18 heavy (non-hydrogen) atoms. The Hall–Kier alpha value is -0.170. The van der Waals surface area contributed by atoms with Gasteiger partial charge < -0.3 is 5.32 Å². The van der Waals surface area contributed by atoms with Gasteiger partial charge in [0, 0.05) is 25.7 Å². The van der Waals surface area contributed by atoms with Gasteiger partial charge in [0.1, 0.15) is 0 Å².